The Balaban J connectivity index is 2.05. The number of benzene rings is 2. The van der Waals surface area contributed by atoms with Gasteiger partial charge in [-0.2, -0.15) is 0 Å². The molecule has 24 heavy (non-hydrogen) atoms. The van der Waals surface area contributed by atoms with Crippen molar-refractivity contribution in [3.63, 3.8) is 0 Å². The molecule has 0 bridgehead atoms. The Kier molecular flexibility index (Phi) is 6.63. The van der Waals surface area contributed by atoms with Crippen LogP contribution in [-0.2, 0) is 16.1 Å². The molecule has 1 unspecified atom stereocenters. The smallest absolute Gasteiger partial charge is 0.308 e. The van der Waals surface area contributed by atoms with Gasteiger partial charge in [-0.25, -0.2) is 0 Å². The van der Waals surface area contributed by atoms with Crippen molar-refractivity contribution < 1.29 is 24.1 Å². The Morgan fingerprint density at radius 2 is 1.88 bits per heavy atom. The monoisotopic (exact) mass is 330 g/mol. The van der Waals surface area contributed by atoms with Gasteiger partial charge >= 0.3 is 5.97 Å². The first-order valence-corrected chi connectivity index (χ1v) is 7.82. The Labute approximate surface area is 141 Å². The molecule has 0 spiro atoms. The van der Waals surface area contributed by atoms with Gasteiger partial charge in [-0.15, -0.1) is 0 Å². The normalized spacial score (nSPS) is 11.6. The minimum atomic E-state index is -0.943. The fourth-order valence-electron chi connectivity index (χ4n) is 2.24. The van der Waals surface area contributed by atoms with E-state index in [1.807, 2.05) is 30.3 Å². The van der Waals surface area contributed by atoms with Gasteiger partial charge in [0.05, 0.1) is 26.2 Å². The average Bonchev–Trinajstić information content (AvgIpc) is 2.60. The third-order valence-corrected chi connectivity index (χ3v) is 3.47. The summed E-state index contributed by atoms with van der Waals surface area (Å²) in [5, 5.41) is 10.1. The van der Waals surface area contributed by atoms with Crippen molar-refractivity contribution in [1.82, 2.24) is 0 Å². The summed E-state index contributed by atoms with van der Waals surface area (Å²) in [6.45, 7) is 2.44. The van der Waals surface area contributed by atoms with Gasteiger partial charge in [0.25, 0.3) is 0 Å². The van der Waals surface area contributed by atoms with Crippen LogP contribution in [0.1, 0.15) is 30.6 Å². The van der Waals surface area contributed by atoms with Gasteiger partial charge in [-0.1, -0.05) is 36.4 Å². The zero-order valence-electron chi connectivity index (χ0n) is 13.9. The molecule has 1 N–H and O–H groups in total. The van der Waals surface area contributed by atoms with E-state index in [0.29, 0.717) is 30.3 Å². The van der Waals surface area contributed by atoms with Gasteiger partial charge in [0.1, 0.15) is 6.61 Å². The first kappa shape index (κ1) is 17.8. The highest BCUT2D eigenvalue weighted by atomic mass is 16.5. The van der Waals surface area contributed by atoms with Crippen molar-refractivity contribution in [2.24, 2.45) is 0 Å². The number of hydrogen-bond acceptors (Lipinski definition) is 5. The van der Waals surface area contributed by atoms with Gasteiger partial charge in [-0.05, 0) is 30.2 Å². The quantitative estimate of drug-likeness (QED) is 0.753. The second-order valence-electron chi connectivity index (χ2n) is 5.21. The van der Waals surface area contributed by atoms with Crippen LogP contribution in [0.4, 0.5) is 0 Å². The lowest BCUT2D eigenvalue weighted by atomic mass is 10.1. The van der Waals surface area contributed by atoms with Crippen molar-refractivity contribution in [3.8, 4) is 11.5 Å². The van der Waals surface area contributed by atoms with Crippen molar-refractivity contribution in [3.05, 3.63) is 59.7 Å². The van der Waals surface area contributed by atoms with E-state index in [2.05, 4.69) is 0 Å². The maximum absolute atomic E-state index is 11.5. The van der Waals surface area contributed by atoms with Crippen LogP contribution in [0.25, 0.3) is 0 Å². The van der Waals surface area contributed by atoms with Crippen molar-refractivity contribution in [2.45, 2.75) is 26.1 Å². The predicted molar refractivity (Wildman–Crippen MR) is 90.0 cm³/mol. The van der Waals surface area contributed by atoms with Crippen LogP contribution >= 0.6 is 0 Å². The van der Waals surface area contributed by atoms with Crippen LogP contribution in [0.15, 0.2) is 48.5 Å². The molecule has 0 saturated carbocycles. The molecule has 0 fully saturated rings. The summed E-state index contributed by atoms with van der Waals surface area (Å²) in [7, 11) is 1.53. The van der Waals surface area contributed by atoms with E-state index >= 15 is 0 Å². The number of aliphatic hydroxyl groups is 1. The molecular weight excluding hydrogens is 308 g/mol. The van der Waals surface area contributed by atoms with Gasteiger partial charge in [0.15, 0.2) is 11.5 Å². The number of ether oxygens (including phenoxy) is 3. The fourth-order valence-corrected chi connectivity index (χ4v) is 2.24. The fraction of sp³-hybridized carbons (Fsp3) is 0.316. The maximum atomic E-state index is 11.5. The highest BCUT2D eigenvalue weighted by Crippen LogP contribution is 2.31. The first-order chi connectivity index (χ1) is 11.6. The Morgan fingerprint density at radius 1 is 1.12 bits per heavy atom. The molecular formula is C19H22O5. The minimum absolute atomic E-state index is 0.0960. The molecule has 0 heterocycles. The summed E-state index contributed by atoms with van der Waals surface area (Å²) >= 11 is 0. The standard InChI is InChI=1S/C19H22O5/c1-3-23-19(21)12-16(20)15-9-10-17(18(11-15)22-2)24-13-14-7-5-4-6-8-14/h4-11,16,20H,3,12-13H2,1-2H3. The molecule has 0 amide bonds. The van der Waals surface area contributed by atoms with E-state index in [9.17, 15) is 9.90 Å². The van der Waals surface area contributed by atoms with Crippen LogP contribution in [0.5, 0.6) is 11.5 Å². The Hall–Kier alpha value is -2.53. The van der Waals surface area contributed by atoms with E-state index < -0.39 is 12.1 Å². The van der Waals surface area contributed by atoms with Crippen LogP contribution in [0.2, 0.25) is 0 Å². The first-order valence-electron chi connectivity index (χ1n) is 7.82. The number of carbonyl (C=O) groups is 1. The molecule has 128 valence electrons. The van der Waals surface area contributed by atoms with Crippen LogP contribution in [0.3, 0.4) is 0 Å². The Morgan fingerprint density at radius 3 is 2.54 bits per heavy atom. The van der Waals surface area contributed by atoms with E-state index in [0.717, 1.165) is 5.56 Å². The van der Waals surface area contributed by atoms with Gasteiger partial charge in [-0.3, -0.25) is 4.79 Å². The number of esters is 1. The van der Waals surface area contributed by atoms with Crippen LogP contribution < -0.4 is 9.47 Å². The number of hydrogen-bond donors (Lipinski definition) is 1. The van der Waals surface area contributed by atoms with E-state index in [4.69, 9.17) is 14.2 Å². The van der Waals surface area contributed by atoms with Crippen molar-refractivity contribution in [2.75, 3.05) is 13.7 Å². The minimum Gasteiger partial charge on any atom is -0.493 e. The second kappa shape index (κ2) is 8.93. The molecule has 2 aromatic carbocycles. The summed E-state index contributed by atoms with van der Waals surface area (Å²) in [6.07, 6.45) is -1.04. The molecule has 0 saturated heterocycles. The number of methoxy groups -OCH3 is 1. The molecule has 0 radical (unpaired) electrons. The zero-order chi connectivity index (χ0) is 17.4. The third kappa shape index (κ3) is 4.99. The predicted octanol–water partition coefficient (Wildman–Crippen LogP) is 3.26. The highest BCUT2D eigenvalue weighted by Gasteiger charge is 2.16. The van der Waals surface area contributed by atoms with Gasteiger partial charge in [0.2, 0.25) is 0 Å². The van der Waals surface area contributed by atoms with Crippen LogP contribution in [-0.4, -0.2) is 24.8 Å². The summed E-state index contributed by atoms with van der Waals surface area (Å²) < 4.78 is 15.9. The van der Waals surface area contributed by atoms with Crippen molar-refractivity contribution in [1.29, 1.82) is 0 Å². The second-order valence-corrected chi connectivity index (χ2v) is 5.21. The molecule has 0 aliphatic rings. The molecule has 2 rings (SSSR count). The number of aliphatic hydroxyl groups excluding tert-OH is 1. The topological polar surface area (TPSA) is 65.0 Å². The van der Waals surface area contributed by atoms with E-state index in [-0.39, 0.29) is 6.42 Å². The average molecular weight is 330 g/mol. The lowest BCUT2D eigenvalue weighted by Crippen LogP contribution is -2.10. The van der Waals surface area contributed by atoms with Gasteiger partial charge in [0, 0.05) is 0 Å². The zero-order valence-corrected chi connectivity index (χ0v) is 13.9. The number of rotatable bonds is 8. The van der Waals surface area contributed by atoms with Crippen LogP contribution in [0, 0.1) is 0 Å². The molecule has 0 aliphatic heterocycles. The molecule has 2 aromatic rings. The largest absolute Gasteiger partial charge is 0.493 e. The summed E-state index contributed by atoms with van der Waals surface area (Å²) in [6, 6.07) is 14.9. The molecule has 1 atom stereocenters. The summed E-state index contributed by atoms with van der Waals surface area (Å²) in [4.78, 5) is 11.5. The summed E-state index contributed by atoms with van der Waals surface area (Å²) in [5.74, 6) is 0.646. The molecule has 0 aliphatic carbocycles. The molecule has 0 aromatic heterocycles. The van der Waals surface area contributed by atoms with Gasteiger partial charge < -0.3 is 19.3 Å². The maximum Gasteiger partial charge on any atom is 0.308 e. The number of carbonyl (C=O) groups excluding carboxylic acids is 1. The van der Waals surface area contributed by atoms with Crippen molar-refractivity contribution >= 4 is 5.97 Å². The lowest BCUT2D eigenvalue weighted by molar-refractivity contribution is -0.145. The molecule has 5 heteroatoms. The van der Waals surface area contributed by atoms with E-state index in [1.54, 1.807) is 25.1 Å². The molecule has 5 nitrogen and oxygen atoms in total. The highest BCUT2D eigenvalue weighted by molar-refractivity contribution is 5.70. The summed E-state index contributed by atoms with van der Waals surface area (Å²) in [5.41, 5.74) is 1.62. The lowest BCUT2D eigenvalue weighted by Gasteiger charge is -2.15. The van der Waals surface area contributed by atoms with E-state index in [1.165, 1.54) is 7.11 Å². The SMILES string of the molecule is CCOC(=O)CC(O)c1ccc(OCc2ccccc2)c(OC)c1. The third-order valence-electron chi connectivity index (χ3n) is 3.47. The Bertz CT molecular complexity index is 654.